The third kappa shape index (κ3) is 7.21. The van der Waals surface area contributed by atoms with Gasteiger partial charge in [0.15, 0.2) is 0 Å². The summed E-state index contributed by atoms with van der Waals surface area (Å²) in [7, 11) is 0. The van der Waals surface area contributed by atoms with Crippen molar-refractivity contribution in [2.45, 2.75) is 38.0 Å². The van der Waals surface area contributed by atoms with Gasteiger partial charge in [0.25, 0.3) is 0 Å². The average molecular weight is 475 g/mol. The number of cyclic esters (lactones) is 1. The summed E-state index contributed by atoms with van der Waals surface area (Å²) in [6.45, 7) is 0.362. The molecule has 0 unspecified atom stereocenters. The van der Waals surface area contributed by atoms with Crippen LogP contribution < -0.4 is 11.1 Å². The van der Waals surface area contributed by atoms with Gasteiger partial charge in [-0.2, -0.15) is 0 Å². The van der Waals surface area contributed by atoms with Gasteiger partial charge in [-0.05, 0) is 11.1 Å². The smallest absolute Gasteiger partial charge is 0.410 e. The van der Waals surface area contributed by atoms with E-state index in [0.29, 0.717) is 18.5 Å². The molecule has 33 heavy (non-hydrogen) atoms. The third-order valence-corrected chi connectivity index (χ3v) is 5.24. The highest BCUT2D eigenvalue weighted by Gasteiger charge is 2.37. The highest BCUT2D eigenvalue weighted by molar-refractivity contribution is 5.94. The molecule has 3 rings (SSSR count). The van der Waals surface area contributed by atoms with Crippen molar-refractivity contribution in [3.63, 3.8) is 0 Å². The molecule has 1 fully saturated rings. The molecule has 2 amide bonds. The van der Waals surface area contributed by atoms with Gasteiger partial charge < -0.3 is 20.9 Å². The second-order valence-electron chi connectivity index (χ2n) is 7.60. The topological polar surface area (TPSA) is 146 Å². The number of nitrogen functional groups attached to an aromatic ring is 1. The summed E-state index contributed by atoms with van der Waals surface area (Å²) in [6, 6.07) is 16.3. The quantitative estimate of drug-likeness (QED) is 0.324. The summed E-state index contributed by atoms with van der Waals surface area (Å²) in [5.41, 5.74) is 7.92. The molecule has 0 spiro atoms. The minimum absolute atomic E-state index is 0. The predicted octanol–water partition coefficient (Wildman–Crippen LogP) is 2.83. The first-order valence-corrected chi connectivity index (χ1v) is 10.3. The number of aliphatic carboxylic acids is 1. The van der Waals surface area contributed by atoms with Crippen molar-refractivity contribution in [2.75, 3.05) is 6.54 Å². The van der Waals surface area contributed by atoms with E-state index in [1.54, 1.807) is 17.0 Å². The lowest BCUT2D eigenvalue weighted by atomic mass is 9.94. The molecule has 9 nitrogen and oxygen atoms in total. The summed E-state index contributed by atoms with van der Waals surface area (Å²) >= 11 is 0. The molecule has 10 heteroatoms. The van der Waals surface area contributed by atoms with Crippen molar-refractivity contribution < 1.29 is 24.2 Å². The molecule has 5 N–H and O–H groups in total. The van der Waals surface area contributed by atoms with E-state index in [2.05, 4.69) is 5.32 Å². The molecule has 2 atom stereocenters. The van der Waals surface area contributed by atoms with Crippen LogP contribution in [0.25, 0.3) is 0 Å². The first kappa shape index (κ1) is 25.7. The van der Waals surface area contributed by atoms with Gasteiger partial charge in [-0.1, -0.05) is 54.6 Å². The summed E-state index contributed by atoms with van der Waals surface area (Å²) in [5, 5.41) is 18.8. The van der Waals surface area contributed by atoms with Gasteiger partial charge in [0.05, 0.1) is 18.9 Å². The fraction of sp³-hybridized carbons (Fsp3) is 0.304. The minimum Gasteiger partial charge on any atom is -0.481 e. The van der Waals surface area contributed by atoms with E-state index in [1.807, 2.05) is 42.5 Å². The number of hydrogen-bond acceptors (Lipinski definition) is 5. The van der Waals surface area contributed by atoms with Gasteiger partial charge in [-0.15, -0.1) is 12.4 Å². The molecule has 2 aromatic rings. The lowest BCUT2D eigenvalue weighted by Crippen LogP contribution is -2.45. The Labute approximate surface area is 197 Å². The number of carboxylic acid groups (broad SMARTS) is 1. The average Bonchev–Trinajstić information content (AvgIpc) is 2.76. The van der Waals surface area contributed by atoms with Crippen LogP contribution in [-0.4, -0.2) is 46.5 Å². The van der Waals surface area contributed by atoms with Gasteiger partial charge in [0.1, 0.15) is 11.9 Å². The van der Waals surface area contributed by atoms with Gasteiger partial charge in [0.2, 0.25) is 5.91 Å². The van der Waals surface area contributed by atoms with Crippen molar-refractivity contribution in [3.8, 4) is 0 Å². The molecule has 2 aromatic carbocycles. The number of carbonyl (C=O) groups is 3. The van der Waals surface area contributed by atoms with Crippen molar-refractivity contribution in [3.05, 3.63) is 71.3 Å². The van der Waals surface area contributed by atoms with E-state index in [1.165, 1.54) is 0 Å². The molecular weight excluding hydrogens is 448 g/mol. The van der Waals surface area contributed by atoms with Crippen LogP contribution >= 0.6 is 12.4 Å². The maximum Gasteiger partial charge on any atom is 0.410 e. The summed E-state index contributed by atoms with van der Waals surface area (Å²) in [4.78, 5) is 37.3. The van der Waals surface area contributed by atoms with Crippen LogP contribution in [0.2, 0.25) is 0 Å². The molecule has 1 heterocycles. The Morgan fingerprint density at radius 1 is 1.15 bits per heavy atom. The van der Waals surface area contributed by atoms with Crippen LogP contribution in [0.5, 0.6) is 0 Å². The molecule has 1 aliphatic rings. The number of amides is 2. The SMILES string of the molecule is Cl.N=C(N)c1ccc([C@H]2C[C@@H](CC(=O)NCCC(=O)O)OC(=O)N2Cc2ccccc2)cc1. The Morgan fingerprint density at radius 2 is 1.82 bits per heavy atom. The third-order valence-electron chi connectivity index (χ3n) is 5.24. The largest absolute Gasteiger partial charge is 0.481 e. The molecular formula is C23H27ClN4O5. The predicted molar refractivity (Wildman–Crippen MR) is 124 cm³/mol. The first-order chi connectivity index (χ1) is 15.3. The maximum absolute atomic E-state index is 12.9. The maximum atomic E-state index is 12.9. The molecule has 0 saturated carbocycles. The molecule has 1 saturated heterocycles. The van der Waals surface area contributed by atoms with Crippen molar-refractivity contribution in [1.29, 1.82) is 5.41 Å². The van der Waals surface area contributed by atoms with Crippen LogP contribution in [0.1, 0.15) is 42.0 Å². The summed E-state index contributed by atoms with van der Waals surface area (Å²) < 4.78 is 5.54. The van der Waals surface area contributed by atoms with Crippen molar-refractivity contribution >= 4 is 36.2 Å². The number of hydrogen-bond donors (Lipinski definition) is 4. The fourth-order valence-corrected chi connectivity index (χ4v) is 3.63. The number of rotatable bonds is 9. The lowest BCUT2D eigenvalue weighted by Gasteiger charge is -2.39. The number of carboxylic acids is 1. The number of nitrogens with two attached hydrogens (primary N) is 1. The van der Waals surface area contributed by atoms with Crippen molar-refractivity contribution in [2.24, 2.45) is 5.73 Å². The van der Waals surface area contributed by atoms with Crippen molar-refractivity contribution in [1.82, 2.24) is 10.2 Å². The van der Waals surface area contributed by atoms with E-state index in [9.17, 15) is 14.4 Å². The molecule has 0 aromatic heterocycles. The summed E-state index contributed by atoms with van der Waals surface area (Å²) in [5.74, 6) is -1.41. The highest BCUT2D eigenvalue weighted by Crippen LogP contribution is 2.34. The Balaban J connectivity index is 0.00000385. The van der Waals surface area contributed by atoms with E-state index >= 15 is 0 Å². The number of halogens is 1. The van der Waals surface area contributed by atoms with Gasteiger partial charge in [-0.3, -0.25) is 19.9 Å². The van der Waals surface area contributed by atoms with Crippen LogP contribution in [0.3, 0.4) is 0 Å². The van der Waals surface area contributed by atoms with Crippen LogP contribution in [0.4, 0.5) is 4.79 Å². The zero-order chi connectivity index (χ0) is 23.1. The van der Waals surface area contributed by atoms with Crippen LogP contribution in [0, 0.1) is 5.41 Å². The first-order valence-electron chi connectivity index (χ1n) is 10.3. The molecule has 0 radical (unpaired) electrons. The number of benzene rings is 2. The van der Waals surface area contributed by atoms with E-state index in [4.69, 9.17) is 21.0 Å². The number of amidine groups is 1. The van der Waals surface area contributed by atoms with Crippen LogP contribution in [-0.2, 0) is 20.9 Å². The van der Waals surface area contributed by atoms with Gasteiger partial charge >= 0.3 is 12.1 Å². The number of carbonyl (C=O) groups excluding carboxylic acids is 2. The zero-order valence-electron chi connectivity index (χ0n) is 17.9. The second-order valence-corrected chi connectivity index (χ2v) is 7.60. The van der Waals surface area contributed by atoms with Gasteiger partial charge in [-0.25, -0.2) is 4.79 Å². The number of ether oxygens (including phenoxy) is 1. The number of nitrogens with one attached hydrogen (secondary N) is 2. The Bertz CT molecular complexity index is 984. The number of nitrogens with zero attached hydrogens (tertiary/aromatic N) is 1. The highest BCUT2D eigenvalue weighted by atomic mass is 35.5. The Kier molecular flexibility index (Phi) is 9.23. The zero-order valence-corrected chi connectivity index (χ0v) is 18.7. The summed E-state index contributed by atoms with van der Waals surface area (Å²) in [6.07, 6.45) is -0.996. The monoisotopic (exact) mass is 474 g/mol. The van der Waals surface area contributed by atoms with E-state index < -0.39 is 18.2 Å². The van der Waals surface area contributed by atoms with Crippen LogP contribution in [0.15, 0.2) is 54.6 Å². The molecule has 176 valence electrons. The standard InChI is InChI=1S/C23H26N4O5.ClH/c24-22(25)17-8-6-16(7-9-17)19-12-18(13-20(28)26-11-10-21(29)30)32-23(31)27(19)14-15-4-2-1-3-5-15;/h1-9,18-19H,10-14H2,(H3,24,25)(H,26,28)(H,29,30);1H/t18-,19+;/m0./s1. The van der Waals surface area contributed by atoms with Gasteiger partial charge in [0, 0.05) is 25.1 Å². The van der Waals surface area contributed by atoms with E-state index in [-0.39, 0.29) is 49.6 Å². The second kappa shape index (κ2) is 11.9. The minimum atomic E-state index is -1.000. The fourth-order valence-electron chi connectivity index (χ4n) is 3.63. The molecule has 0 aliphatic carbocycles. The molecule has 0 bridgehead atoms. The normalized spacial score (nSPS) is 17.5. The molecule has 1 aliphatic heterocycles. The lowest BCUT2D eigenvalue weighted by molar-refractivity contribution is -0.136. The Hall–Kier alpha value is -3.59. The Morgan fingerprint density at radius 3 is 2.42 bits per heavy atom. The van der Waals surface area contributed by atoms with E-state index in [0.717, 1.165) is 11.1 Å².